The van der Waals surface area contributed by atoms with Gasteiger partial charge < -0.3 is 14.4 Å². The van der Waals surface area contributed by atoms with Gasteiger partial charge in [0, 0.05) is 11.0 Å². The van der Waals surface area contributed by atoms with Gasteiger partial charge in [-0.05, 0) is 39.0 Å². The van der Waals surface area contributed by atoms with Crippen molar-refractivity contribution in [2.24, 2.45) is 0 Å². The Kier molecular flexibility index (Phi) is 4.56. The zero-order valence-corrected chi connectivity index (χ0v) is 13.9. The Balaban J connectivity index is 2.08. The monoisotopic (exact) mass is 355 g/mol. The van der Waals surface area contributed by atoms with Crippen LogP contribution in [0, 0.1) is 0 Å². The van der Waals surface area contributed by atoms with E-state index in [0.717, 1.165) is 4.47 Å². The number of halogens is 1. The van der Waals surface area contributed by atoms with Gasteiger partial charge >= 0.3 is 5.97 Å². The Morgan fingerprint density at radius 1 is 1.43 bits per heavy atom. The standard InChI is InChI=1S/C15H18BrNO4/c1-15(2,3)21-14(19)6-7-17-11-8-10(16)4-5-12(11)20-9-13(17)18/h4-5,8H,6-7,9H2,1-3H3. The van der Waals surface area contributed by atoms with Crippen LogP contribution in [-0.2, 0) is 14.3 Å². The Labute approximate surface area is 132 Å². The minimum Gasteiger partial charge on any atom is -0.482 e. The first kappa shape index (κ1) is 15.8. The Bertz CT molecular complexity index is 565. The number of fused-ring (bicyclic) bond motifs is 1. The SMILES string of the molecule is CC(C)(C)OC(=O)CCN1C(=O)COc2ccc(Br)cc21. The molecule has 0 N–H and O–H groups in total. The van der Waals surface area contributed by atoms with E-state index in [-0.39, 0.29) is 31.4 Å². The van der Waals surface area contributed by atoms with E-state index in [4.69, 9.17) is 9.47 Å². The van der Waals surface area contributed by atoms with Crippen molar-refractivity contribution >= 4 is 33.5 Å². The summed E-state index contributed by atoms with van der Waals surface area (Å²) in [6, 6.07) is 5.45. The fraction of sp³-hybridized carbons (Fsp3) is 0.467. The van der Waals surface area contributed by atoms with Crippen molar-refractivity contribution in [1.82, 2.24) is 0 Å². The molecule has 1 aliphatic heterocycles. The molecule has 0 aromatic heterocycles. The van der Waals surface area contributed by atoms with Gasteiger partial charge in [-0.3, -0.25) is 9.59 Å². The summed E-state index contributed by atoms with van der Waals surface area (Å²) in [4.78, 5) is 25.3. The summed E-state index contributed by atoms with van der Waals surface area (Å²) in [7, 11) is 0. The smallest absolute Gasteiger partial charge is 0.308 e. The first-order chi connectivity index (χ1) is 9.76. The van der Waals surface area contributed by atoms with E-state index in [0.29, 0.717) is 11.4 Å². The van der Waals surface area contributed by atoms with Crippen molar-refractivity contribution in [1.29, 1.82) is 0 Å². The molecule has 1 amide bonds. The van der Waals surface area contributed by atoms with E-state index in [9.17, 15) is 9.59 Å². The quantitative estimate of drug-likeness (QED) is 0.782. The fourth-order valence-corrected chi connectivity index (χ4v) is 2.37. The summed E-state index contributed by atoms with van der Waals surface area (Å²) in [5.41, 5.74) is 0.150. The second kappa shape index (κ2) is 6.05. The maximum absolute atomic E-state index is 12.0. The first-order valence-corrected chi connectivity index (χ1v) is 7.50. The van der Waals surface area contributed by atoms with E-state index in [1.807, 2.05) is 32.9 Å². The lowest BCUT2D eigenvalue weighted by molar-refractivity contribution is -0.154. The highest BCUT2D eigenvalue weighted by Crippen LogP contribution is 2.34. The molecule has 1 aromatic carbocycles. The lowest BCUT2D eigenvalue weighted by Gasteiger charge is -2.29. The zero-order chi connectivity index (χ0) is 15.6. The van der Waals surface area contributed by atoms with Gasteiger partial charge in [0.2, 0.25) is 0 Å². The van der Waals surface area contributed by atoms with Gasteiger partial charge in [0.1, 0.15) is 11.4 Å². The van der Waals surface area contributed by atoms with Crippen molar-refractivity contribution in [3.8, 4) is 5.75 Å². The first-order valence-electron chi connectivity index (χ1n) is 6.71. The van der Waals surface area contributed by atoms with Crippen LogP contribution in [0.3, 0.4) is 0 Å². The molecule has 2 rings (SSSR count). The molecule has 0 unspecified atom stereocenters. The number of amides is 1. The van der Waals surface area contributed by atoms with E-state index in [1.165, 1.54) is 0 Å². The minimum absolute atomic E-state index is 0.0110. The highest BCUT2D eigenvalue weighted by Gasteiger charge is 2.27. The summed E-state index contributed by atoms with van der Waals surface area (Å²) < 4.78 is 11.5. The molecular formula is C15H18BrNO4. The Morgan fingerprint density at radius 3 is 2.81 bits per heavy atom. The average molecular weight is 356 g/mol. The molecule has 114 valence electrons. The van der Waals surface area contributed by atoms with Gasteiger partial charge in [-0.1, -0.05) is 15.9 Å². The van der Waals surface area contributed by atoms with Crippen molar-refractivity contribution in [2.75, 3.05) is 18.1 Å². The molecule has 21 heavy (non-hydrogen) atoms. The number of hydrogen-bond donors (Lipinski definition) is 0. The van der Waals surface area contributed by atoms with Crippen LogP contribution in [-0.4, -0.2) is 30.6 Å². The number of esters is 1. The Hall–Kier alpha value is -1.56. The van der Waals surface area contributed by atoms with Crippen LogP contribution in [0.5, 0.6) is 5.75 Å². The number of benzene rings is 1. The van der Waals surface area contributed by atoms with Gasteiger partial charge in [-0.25, -0.2) is 0 Å². The highest BCUT2D eigenvalue weighted by molar-refractivity contribution is 9.10. The molecule has 0 radical (unpaired) electrons. The van der Waals surface area contributed by atoms with Gasteiger partial charge in [0.15, 0.2) is 6.61 Å². The lowest BCUT2D eigenvalue weighted by Crippen LogP contribution is -2.40. The number of anilines is 1. The number of hydrogen-bond acceptors (Lipinski definition) is 4. The molecule has 0 saturated heterocycles. The van der Waals surface area contributed by atoms with Crippen molar-refractivity contribution in [2.45, 2.75) is 32.8 Å². The van der Waals surface area contributed by atoms with E-state index in [2.05, 4.69) is 15.9 Å². The van der Waals surface area contributed by atoms with Crippen LogP contribution < -0.4 is 9.64 Å². The summed E-state index contributed by atoms with van der Waals surface area (Å²) in [5, 5.41) is 0. The number of carbonyl (C=O) groups is 2. The molecule has 0 atom stereocenters. The topological polar surface area (TPSA) is 55.8 Å². The van der Waals surface area contributed by atoms with Crippen LogP contribution in [0.2, 0.25) is 0 Å². The summed E-state index contributed by atoms with van der Waals surface area (Å²) in [6.45, 7) is 5.72. The summed E-state index contributed by atoms with van der Waals surface area (Å²) >= 11 is 3.37. The van der Waals surface area contributed by atoms with Crippen molar-refractivity contribution in [3.05, 3.63) is 22.7 Å². The third-order valence-corrected chi connectivity index (χ3v) is 3.32. The Morgan fingerprint density at radius 2 is 2.14 bits per heavy atom. The summed E-state index contributed by atoms with van der Waals surface area (Å²) in [6.07, 6.45) is 0.148. The molecule has 0 saturated carbocycles. The third-order valence-electron chi connectivity index (χ3n) is 2.82. The molecule has 1 aliphatic rings. The van der Waals surface area contributed by atoms with E-state index >= 15 is 0 Å². The van der Waals surface area contributed by atoms with Crippen LogP contribution in [0.1, 0.15) is 27.2 Å². The molecule has 6 heteroatoms. The molecular weight excluding hydrogens is 338 g/mol. The second-order valence-corrected chi connectivity index (χ2v) is 6.70. The molecule has 5 nitrogen and oxygen atoms in total. The fourth-order valence-electron chi connectivity index (χ4n) is 2.02. The van der Waals surface area contributed by atoms with Gasteiger partial charge in [0.05, 0.1) is 12.1 Å². The number of nitrogens with zero attached hydrogens (tertiary/aromatic N) is 1. The van der Waals surface area contributed by atoms with Crippen LogP contribution >= 0.6 is 15.9 Å². The third kappa shape index (κ3) is 4.20. The van der Waals surface area contributed by atoms with Crippen molar-refractivity contribution < 1.29 is 19.1 Å². The normalized spacial score (nSPS) is 14.5. The number of carbonyl (C=O) groups excluding carboxylic acids is 2. The average Bonchev–Trinajstić information content (AvgIpc) is 2.35. The van der Waals surface area contributed by atoms with Crippen molar-refractivity contribution in [3.63, 3.8) is 0 Å². The maximum atomic E-state index is 12.0. The van der Waals surface area contributed by atoms with E-state index < -0.39 is 5.60 Å². The zero-order valence-electron chi connectivity index (χ0n) is 12.3. The maximum Gasteiger partial charge on any atom is 0.308 e. The molecule has 1 heterocycles. The predicted octanol–water partition coefficient (Wildman–Crippen LogP) is 2.91. The van der Waals surface area contributed by atoms with E-state index in [1.54, 1.807) is 11.0 Å². The minimum atomic E-state index is -0.521. The molecule has 1 aromatic rings. The van der Waals surface area contributed by atoms with Gasteiger partial charge in [-0.15, -0.1) is 0 Å². The van der Waals surface area contributed by atoms with Gasteiger partial charge in [-0.2, -0.15) is 0 Å². The van der Waals surface area contributed by atoms with Crippen LogP contribution in [0.15, 0.2) is 22.7 Å². The van der Waals surface area contributed by atoms with Crippen LogP contribution in [0.25, 0.3) is 0 Å². The number of ether oxygens (including phenoxy) is 2. The van der Waals surface area contributed by atoms with Gasteiger partial charge in [0.25, 0.3) is 5.91 Å². The van der Waals surface area contributed by atoms with Crippen LogP contribution in [0.4, 0.5) is 5.69 Å². The summed E-state index contributed by atoms with van der Waals surface area (Å²) in [5.74, 6) is 0.157. The predicted molar refractivity (Wildman–Crippen MR) is 82.5 cm³/mol. The molecule has 0 aliphatic carbocycles. The second-order valence-electron chi connectivity index (χ2n) is 5.78. The highest BCUT2D eigenvalue weighted by atomic mass is 79.9. The lowest BCUT2D eigenvalue weighted by atomic mass is 10.2. The largest absolute Gasteiger partial charge is 0.482 e. The number of rotatable bonds is 3. The molecule has 0 spiro atoms. The molecule has 0 bridgehead atoms. The molecule has 0 fully saturated rings.